The SMILES string of the molecule is Cc1sc2c(c1C)C(c1ccc(N3CCCC4(CCNCC4)C3)cc1)=NC(C)c1nnc(C)n1-2. The van der Waals surface area contributed by atoms with Gasteiger partial charge in [0.1, 0.15) is 16.9 Å². The minimum absolute atomic E-state index is 0.0444. The number of benzene rings is 1. The Bertz CT molecular complexity index is 1240. The fourth-order valence-corrected chi connectivity index (χ4v) is 7.32. The highest BCUT2D eigenvalue weighted by atomic mass is 32.1. The van der Waals surface area contributed by atoms with E-state index in [1.807, 2.05) is 18.3 Å². The van der Waals surface area contributed by atoms with Crippen LogP contribution >= 0.6 is 11.3 Å². The molecule has 6 rings (SSSR count). The molecule has 0 amide bonds. The number of aliphatic imine (C=N–C) groups is 1. The summed E-state index contributed by atoms with van der Waals surface area (Å²) in [4.78, 5) is 9.15. The van der Waals surface area contributed by atoms with Gasteiger partial charge in [0.25, 0.3) is 0 Å². The topological polar surface area (TPSA) is 58.3 Å². The number of anilines is 1. The van der Waals surface area contributed by atoms with Gasteiger partial charge in [0.05, 0.1) is 5.71 Å². The molecule has 7 heteroatoms. The third-order valence-corrected chi connectivity index (χ3v) is 9.38. The Labute approximate surface area is 206 Å². The molecule has 178 valence electrons. The summed E-state index contributed by atoms with van der Waals surface area (Å²) < 4.78 is 2.21. The van der Waals surface area contributed by atoms with Crippen molar-refractivity contribution in [2.24, 2.45) is 10.4 Å². The maximum atomic E-state index is 5.21. The molecular formula is C27H34N6S. The lowest BCUT2D eigenvalue weighted by molar-refractivity contribution is 0.167. The van der Waals surface area contributed by atoms with Crippen molar-refractivity contribution in [3.63, 3.8) is 0 Å². The lowest BCUT2D eigenvalue weighted by Gasteiger charge is -2.46. The van der Waals surface area contributed by atoms with Gasteiger partial charge in [0, 0.05) is 34.8 Å². The van der Waals surface area contributed by atoms with Gasteiger partial charge in [-0.2, -0.15) is 0 Å². The fraction of sp³-hybridized carbons (Fsp3) is 0.519. The molecule has 1 unspecified atom stereocenters. The van der Waals surface area contributed by atoms with E-state index in [1.165, 1.54) is 77.6 Å². The van der Waals surface area contributed by atoms with E-state index in [0.717, 1.165) is 23.9 Å². The quantitative estimate of drug-likeness (QED) is 0.559. The molecule has 0 bridgehead atoms. The first-order valence-corrected chi connectivity index (χ1v) is 13.4. The molecule has 3 aliphatic heterocycles. The maximum Gasteiger partial charge on any atom is 0.162 e. The first-order chi connectivity index (χ1) is 16.5. The Hall–Kier alpha value is -2.51. The predicted octanol–water partition coefficient (Wildman–Crippen LogP) is 5.14. The molecule has 3 aliphatic rings. The molecule has 5 heterocycles. The van der Waals surface area contributed by atoms with E-state index in [9.17, 15) is 0 Å². The smallest absolute Gasteiger partial charge is 0.162 e. The Morgan fingerprint density at radius 3 is 2.56 bits per heavy atom. The average Bonchev–Trinajstić information content (AvgIpc) is 3.33. The molecule has 0 aliphatic carbocycles. The first-order valence-electron chi connectivity index (χ1n) is 12.6. The summed E-state index contributed by atoms with van der Waals surface area (Å²) >= 11 is 1.82. The fourth-order valence-electron chi connectivity index (χ4n) is 6.10. The van der Waals surface area contributed by atoms with Crippen LogP contribution in [0.4, 0.5) is 5.69 Å². The first kappa shape index (κ1) is 22.0. The number of fused-ring (bicyclic) bond motifs is 3. The number of nitrogens with zero attached hydrogens (tertiary/aromatic N) is 5. The minimum Gasteiger partial charge on any atom is -0.371 e. The van der Waals surface area contributed by atoms with E-state index in [0.29, 0.717) is 5.41 Å². The number of hydrogen-bond donors (Lipinski definition) is 1. The van der Waals surface area contributed by atoms with E-state index in [1.54, 1.807) is 0 Å². The van der Waals surface area contributed by atoms with Crippen molar-refractivity contribution >= 4 is 22.7 Å². The van der Waals surface area contributed by atoms with Crippen LogP contribution in [0.25, 0.3) is 5.00 Å². The Morgan fingerprint density at radius 1 is 1.03 bits per heavy atom. The summed E-state index contributed by atoms with van der Waals surface area (Å²) in [5, 5.41) is 13.6. The average molecular weight is 475 g/mol. The zero-order chi connectivity index (χ0) is 23.4. The van der Waals surface area contributed by atoms with Crippen LogP contribution in [-0.2, 0) is 0 Å². The lowest BCUT2D eigenvalue weighted by atomic mass is 9.73. The second-order valence-corrected chi connectivity index (χ2v) is 11.6. The maximum absolute atomic E-state index is 5.21. The highest BCUT2D eigenvalue weighted by molar-refractivity contribution is 7.15. The predicted molar refractivity (Wildman–Crippen MR) is 140 cm³/mol. The zero-order valence-electron chi connectivity index (χ0n) is 20.7. The summed E-state index contributed by atoms with van der Waals surface area (Å²) in [6, 6.07) is 9.14. The minimum atomic E-state index is -0.0444. The van der Waals surface area contributed by atoms with Crippen molar-refractivity contribution < 1.29 is 0 Å². The van der Waals surface area contributed by atoms with Crippen LogP contribution in [0.3, 0.4) is 0 Å². The second-order valence-electron chi connectivity index (χ2n) is 10.4. The Balaban J connectivity index is 1.36. The third kappa shape index (κ3) is 3.52. The van der Waals surface area contributed by atoms with Gasteiger partial charge in [0.2, 0.25) is 0 Å². The summed E-state index contributed by atoms with van der Waals surface area (Å²) in [5.74, 6) is 1.85. The summed E-state index contributed by atoms with van der Waals surface area (Å²) in [6.07, 6.45) is 5.28. The van der Waals surface area contributed by atoms with Gasteiger partial charge in [-0.1, -0.05) is 12.1 Å². The molecule has 6 nitrogen and oxygen atoms in total. The van der Waals surface area contributed by atoms with Gasteiger partial charge < -0.3 is 10.2 Å². The second kappa shape index (κ2) is 8.31. The van der Waals surface area contributed by atoms with Crippen molar-refractivity contribution in [1.82, 2.24) is 20.1 Å². The molecule has 34 heavy (non-hydrogen) atoms. The largest absolute Gasteiger partial charge is 0.371 e. The van der Waals surface area contributed by atoms with Crippen molar-refractivity contribution in [2.45, 2.75) is 59.4 Å². The van der Waals surface area contributed by atoms with Gasteiger partial charge >= 0.3 is 0 Å². The molecular weight excluding hydrogens is 440 g/mol. The lowest BCUT2D eigenvalue weighted by Crippen LogP contribution is -2.48. The summed E-state index contributed by atoms with van der Waals surface area (Å²) in [6.45, 7) is 13.3. The molecule has 1 atom stereocenters. The van der Waals surface area contributed by atoms with Crippen molar-refractivity contribution in [3.05, 3.63) is 57.5 Å². The Morgan fingerprint density at radius 2 is 1.79 bits per heavy atom. The molecule has 0 saturated carbocycles. The molecule has 0 radical (unpaired) electrons. The number of rotatable bonds is 2. The van der Waals surface area contributed by atoms with E-state index in [4.69, 9.17) is 4.99 Å². The van der Waals surface area contributed by atoms with Crippen LogP contribution in [0, 0.1) is 26.2 Å². The van der Waals surface area contributed by atoms with Gasteiger partial charge in [-0.25, -0.2) is 0 Å². The van der Waals surface area contributed by atoms with E-state index >= 15 is 0 Å². The highest BCUT2D eigenvalue weighted by Crippen LogP contribution is 2.41. The standard InChI is InChI=1S/C27H34N6S/c1-17-19(3)34-26-23(17)24(29-18(2)25-31-30-20(4)33(25)26)21-6-8-22(9-7-21)32-15-5-10-27(16-32)11-13-28-14-12-27/h6-9,18,28H,5,10-16H2,1-4H3. The van der Waals surface area contributed by atoms with E-state index in [-0.39, 0.29) is 6.04 Å². The molecule has 1 aromatic carbocycles. The third-order valence-electron chi connectivity index (χ3n) is 8.18. The van der Waals surface area contributed by atoms with E-state index < -0.39 is 0 Å². The van der Waals surface area contributed by atoms with Gasteiger partial charge in [0.15, 0.2) is 5.82 Å². The number of thiophene rings is 1. The van der Waals surface area contributed by atoms with Crippen LogP contribution in [-0.4, -0.2) is 46.7 Å². The molecule has 3 aromatic rings. The number of aromatic nitrogens is 3. The zero-order valence-corrected chi connectivity index (χ0v) is 21.5. The van der Waals surface area contributed by atoms with Crippen molar-refractivity contribution in [2.75, 3.05) is 31.1 Å². The molecule has 1 spiro atoms. The van der Waals surface area contributed by atoms with Crippen LogP contribution in [0.15, 0.2) is 29.3 Å². The number of aryl methyl sites for hydroxylation is 2. The van der Waals surface area contributed by atoms with Crippen molar-refractivity contribution in [1.29, 1.82) is 0 Å². The Kier molecular flexibility index (Phi) is 5.37. The molecule has 2 aromatic heterocycles. The van der Waals surface area contributed by atoms with Gasteiger partial charge in [-0.05, 0) is 89.6 Å². The van der Waals surface area contributed by atoms with E-state index in [2.05, 4.69) is 70.0 Å². The van der Waals surface area contributed by atoms with Crippen LogP contribution in [0.5, 0.6) is 0 Å². The van der Waals surface area contributed by atoms with Crippen LogP contribution in [0.1, 0.15) is 71.9 Å². The number of nitrogens with one attached hydrogen (secondary N) is 1. The normalized spacial score (nSPS) is 21.7. The molecule has 2 fully saturated rings. The molecule has 1 N–H and O–H groups in total. The number of hydrogen-bond acceptors (Lipinski definition) is 6. The highest BCUT2D eigenvalue weighted by Gasteiger charge is 2.36. The van der Waals surface area contributed by atoms with Crippen molar-refractivity contribution in [3.8, 4) is 5.00 Å². The van der Waals surface area contributed by atoms with Gasteiger partial charge in [-0.3, -0.25) is 9.56 Å². The summed E-state index contributed by atoms with van der Waals surface area (Å²) in [7, 11) is 0. The van der Waals surface area contributed by atoms with Crippen LogP contribution < -0.4 is 10.2 Å². The molecule has 2 saturated heterocycles. The van der Waals surface area contributed by atoms with Crippen LogP contribution in [0.2, 0.25) is 0 Å². The summed E-state index contributed by atoms with van der Waals surface area (Å²) in [5.41, 5.74) is 6.64. The number of piperidine rings is 2. The van der Waals surface area contributed by atoms with Gasteiger partial charge in [-0.15, -0.1) is 21.5 Å². The monoisotopic (exact) mass is 474 g/mol.